The van der Waals surface area contributed by atoms with Gasteiger partial charge in [0.1, 0.15) is 5.82 Å². The van der Waals surface area contributed by atoms with Crippen LogP contribution in [-0.4, -0.2) is 19.3 Å². The summed E-state index contributed by atoms with van der Waals surface area (Å²) in [6.45, 7) is 10.9. The molecule has 0 aliphatic carbocycles. The zero-order chi connectivity index (χ0) is 31.8. The van der Waals surface area contributed by atoms with Gasteiger partial charge in [0.25, 0.3) is 0 Å². The van der Waals surface area contributed by atoms with Crippen molar-refractivity contribution in [3.05, 3.63) is 132 Å². The number of nitrogens with zero attached hydrogens (tertiary/aromatic N) is 4. The SMILES string of the molecule is CCCc1ccnc(-n2c3[c-]c(Oc4[c-]c(-n5nc(C)c(-c6ccccc6)c5C)ccc4)ccc3c3cc(C(C)CC)ccc32)c1.[Pt+2]. The average molecular weight is 798 g/mol. The van der Waals surface area contributed by atoms with Crippen LogP contribution < -0.4 is 4.74 Å². The molecule has 0 aliphatic heterocycles. The molecule has 3 aromatic heterocycles. The van der Waals surface area contributed by atoms with Gasteiger partial charge in [0.05, 0.1) is 5.69 Å². The first-order chi connectivity index (χ1) is 22.4. The molecule has 0 fully saturated rings. The normalized spacial score (nSPS) is 11.9. The van der Waals surface area contributed by atoms with Crippen molar-refractivity contribution in [2.45, 2.75) is 59.8 Å². The van der Waals surface area contributed by atoms with Crippen LogP contribution in [0.2, 0.25) is 0 Å². The van der Waals surface area contributed by atoms with E-state index in [1.807, 2.05) is 48.1 Å². The number of aryl methyl sites for hydroxylation is 2. The van der Waals surface area contributed by atoms with E-state index in [2.05, 4.69) is 105 Å². The molecule has 3 heterocycles. The molecular formula is C41H38N4OPt. The summed E-state index contributed by atoms with van der Waals surface area (Å²) in [5.74, 6) is 2.60. The topological polar surface area (TPSA) is 44.9 Å². The first-order valence-corrected chi connectivity index (χ1v) is 16.2. The van der Waals surface area contributed by atoms with Gasteiger partial charge in [-0.2, -0.15) is 17.2 Å². The van der Waals surface area contributed by atoms with E-state index < -0.39 is 0 Å². The van der Waals surface area contributed by atoms with Gasteiger partial charge in [-0.25, -0.2) is 4.98 Å². The van der Waals surface area contributed by atoms with Gasteiger partial charge in [-0.1, -0.05) is 75.2 Å². The molecule has 0 aliphatic rings. The van der Waals surface area contributed by atoms with Gasteiger partial charge < -0.3 is 9.30 Å². The third-order valence-corrected chi connectivity index (χ3v) is 8.99. The molecule has 5 nitrogen and oxygen atoms in total. The predicted octanol–water partition coefficient (Wildman–Crippen LogP) is 10.5. The smallest absolute Gasteiger partial charge is 0.509 e. The first kappa shape index (κ1) is 32.5. The van der Waals surface area contributed by atoms with E-state index in [1.165, 1.54) is 16.5 Å². The van der Waals surface area contributed by atoms with Crippen LogP contribution in [0.4, 0.5) is 0 Å². The summed E-state index contributed by atoms with van der Waals surface area (Å²) < 4.78 is 10.6. The molecule has 4 aromatic carbocycles. The quantitative estimate of drug-likeness (QED) is 0.137. The van der Waals surface area contributed by atoms with Crippen LogP contribution in [0.15, 0.2) is 97.2 Å². The number of pyridine rings is 1. The number of hydrogen-bond acceptors (Lipinski definition) is 3. The molecular weight excluding hydrogens is 760 g/mol. The summed E-state index contributed by atoms with van der Waals surface area (Å²) in [6.07, 6.45) is 5.10. The summed E-state index contributed by atoms with van der Waals surface area (Å²) in [5, 5.41) is 7.20. The maximum atomic E-state index is 6.45. The zero-order valence-corrected chi connectivity index (χ0v) is 29.7. The summed E-state index contributed by atoms with van der Waals surface area (Å²) >= 11 is 0. The van der Waals surface area contributed by atoms with E-state index >= 15 is 0 Å². The van der Waals surface area contributed by atoms with Crippen LogP contribution in [-0.2, 0) is 27.5 Å². The van der Waals surface area contributed by atoms with Crippen LogP contribution in [0.3, 0.4) is 0 Å². The van der Waals surface area contributed by atoms with Gasteiger partial charge in [-0.05, 0) is 78.6 Å². The fourth-order valence-corrected chi connectivity index (χ4v) is 6.45. The predicted molar refractivity (Wildman–Crippen MR) is 187 cm³/mol. The van der Waals surface area contributed by atoms with E-state index in [9.17, 15) is 0 Å². The number of benzene rings is 4. The third-order valence-electron chi connectivity index (χ3n) is 8.99. The monoisotopic (exact) mass is 797 g/mol. The molecule has 0 spiro atoms. The number of rotatable bonds is 9. The minimum absolute atomic E-state index is 0. The fourth-order valence-electron chi connectivity index (χ4n) is 6.45. The molecule has 1 atom stereocenters. The molecule has 0 amide bonds. The molecule has 7 rings (SSSR count). The molecule has 238 valence electrons. The van der Waals surface area contributed by atoms with E-state index in [-0.39, 0.29) is 21.1 Å². The van der Waals surface area contributed by atoms with Gasteiger partial charge in [-0.3, -0.25) is 4.68 Å². The molecule has 0 saturated carbocycles. The van der Waals surface area contributed by atoms with Crippen molar-refractivity contribution in [1.29, 1.82) is 0 Å². The molecule has 6 heteroatoms. The molecule has 0 saturated heterocycles. The Morgan fingerprint density at radius 3 is 2.43 bits per heavy atom. The summed E-state index contributed by atoms with van der Waals surface area (Å²) in [4.78, 5) is 4.82. The minimum Gasteiger partial charge on any atom is -0.509 e. The van der Waals surface area contributed by atoms with E-state index in [0.717, 1.165) is 69.7 Å². The number of hydrogen-bond donors (Lipinski definition) is 0. The summed E-state index contributed by atoms with van der Waals surface area (Å²) in [5.41, 5.74) is 9.82. The maximum Gasteiger partial charge on any atom is 2.00 e. The average Bonchev–Trinajstić information content (AvgIpc) is 3.57. The molecule has 47 heavy (non-hydrogen) atoms. The van der Waals surface area contributed by atoms with Crippen molar-refractivity contribution in [3.63, 3.8) is 0 Å². The zero-order valence-electron chi connectivity index (χ0n) is 27.4. The number of ether oxygens (including phenoxy) is 1. The second-order valence-corrected chi connectivity index (χ2v) is 12.1. The Morgan fingerprint density at radius 2 is 1.64 bits per heavy atom. The van der Waals surface area contributed by atoms with Gasteiger partial charge in [0, 0.05) is 34.5 Å². The van der Waals surface area contributed by atoms with Crippen LogP contribution in [0.5, 0.6) is 11.5 Å². The summed E-state index contributed by atoms with van der Waals surface area (Å²) in [6, 6.07) is 38.6. The van der Waals surface area contributed by atoms with Crippen molar-refractivity contribution >= 4 is 21.8 Å². The molecule has 0 N–H and O–H groups in total. The Bertz CT molecular complexity index is 2180. The van der Waals surface area contributed by atoms with E-state index in [4.69, 9.17) is 14.8 Å². The fraction of sp³-hybridized carbons (Fsp3) is 0.220. The van der Waals surface area contributed by atoms with Gasteiger partial charge in [0.15, 0.2) is 0 Å². The van der Waals surface area contributed by atoms with Crippen LogP contribution in [0, 0.1) is 26.0 Å². The van der Waals surface area contributed by atoms with Crippen molar-refractivity contribution in [3.8, 4) is 34.1 Å². The Morgan fingerprint density at radius 1 is 0.830 bits per heavy atom. The Labute approximate surface area is 291 Å². The Kier molecular flexibility index (Phi) is 9.47. The molecule has 0 bridgehead atoms. The number of aromatic nitrogens is 4. The van der Waals surface area contributed by atoms with Gasteiger partial charge >= 0.3 is 21.1 Å². The van der Waals surface area contributed by atoms with E-state index in [0.29, 0.717) is 17.4 Å². The van der Waals surface area contributed by atoms with Crippen LogP contribution in [0.1, 0.15) is 62.0 Å². The van der Waals surface area contributed by atoms with E-state index in [1.54, 1.807) is 0 Å². The maximum absolute atomic E-state index is 6.45. The van der Waals surface area contributed by atoms with Crippen LogP contribution in [0.25, 0.3) is 44.4 Å². The van der Waals surface area contributed by atoms with Crippen molar-refractivity contribution in [1.82, 2.24) is 19.3 Å². The minimum atomic E-state index is 0. The molecule has 1 unspecified atom stereocenters. The number of fused-ring (bicyclic) bond motifs is 3. The first-order valence-electron chi connectivity index (χ1n) is 16.2. The van der Waals surface area contributed by atoms with Crippen LogP contribution >= 0.6 is 0 Å². The largest absolute Gasteiger partial charge is 2.00 e. The van der Waals surface area contributed by atoms with Crippen molar-refractivity contribution in [2.75, 3.05) is 0 Å². The molecule has 0 radical (unpaired) electrons. The summed E-state index contributed by atoms with van der Waals surface area (Å²) in [7, 11) is 0. The van der Waals surface area contributed by atoms with Crippen molar-refractivity contribution < 1.29 is 25.8 Å². The third kappa shape index (κ3) is 6.17. The molecule has 7 aromatic rings. The second-order valence-electron chi connectivity index (χ2n) is 12.1. The standard InChI is InChI=1S/C41H38N4O.Pt/c1-6-12-30-21-22-42-40(23-30)44-38-20-17-32(27(3)7-2)24-37(38)36-19-18-35(26-39(36)44)46-34-16-11-15-33(25-34)45-29(5)41(28(4)43-45)31-13-9-8-10-14-31;/h8-11,13-24,27H,6-7,12H2,1-5H3;/q-2;+2. The second kappa shape index (κ2) is 13.7. The Balaban J connectivity index is 0.00000386. The van der Waals surface area contributed by atoms with Crippen molar-refractivity contribution in [2.24, 2.45) is 0 Å². The van der Waals surface area contributed by atoms with Gasteiger partial charge in [-0.15, -0.1) is 35.7 Å². The Hall–Kier alpha value is -4.47. The van der Waals surface area contributed by atoms with Gasteiger partial charge in [0.2, 0.25) is 0 Å².